The Balaban J connectivity index is 1.77. The number of aromatic nitrogens is 4. The van der Waals surface area contributed by atoms with Crippen molar-refractivity contribution in [1.29, 1.82) is 0 Å². The Morgan fingerprint density at radius 3 is 2.79 bits per heavy atom. The van der Waals surface area contributed by atoms with Gasteiger partial charge in [0, 0.05) is 22.4 Å². The van der Waals surface area contributed by atoms with E-state index in [1.54, 1.807) is 0 Å². The number of hydrogen-bond acceptors (Lipinski definition) is 2. The lowest BCUT2D eigenvalue weighted by molar-refractivity contribution is 0.549. The third kappa shape index (κ3) is 1.94. The van der Waals surface area contributed by atoms with Gasteiger partial charge in [0.05, 0.1) is 16.7 Å². The lowest BCUT2D eigenvalue weighted by Crippen LogP contribution is -2.03. The van der Waals surface area contributed by atoms with Crippen molar-refractivity contribution in [2.24, 2.45) is 5.92 Å². The fourth-order valence-corrected chi connectivity index (χ4v) is 5.83. The van der Waals surface area contributed by atoms with Crippen LogP contribution in [-0.2, 0) is 6.42 Å². The number of pyridine rings is 1. The average molecular weight is 378 g/mol. The first-order chi connectivity index (χ1) is 14.3. The van der Waals surface area contributed by atoms with E-state index in [4.69, 9.17) is 4.98 Å². The van der Waals surface area contributed by atoms with E-state index >= 15 is 0 Å². The van der Waals surface area contributed by atoms with Crippen LogP contribution >= 0.6 is 0 Å². The second kappa shape index (κ2) is 5.47. The van der Waals surface area contributed by atoms with Crippen LogP contribution in [0.3, 0.4) is 0 Å². The van der Waals surface area contributed by atoms with Crippen LogP contribution in [0.15, 0.2) is 48.9 Å². The molecular weight excluding hydrogens is 356 g/mol. The standard InChI is InChI=1S/C25H22N4/c1-15-25-28(14-27-15)24-22-17(10-11-26-24)13-18(12-16-6-2-3-7-16)21-19-8-4-5-9-20(19)29(25)23(21)22/h4-5,8-11,13-14,16H,2-3,6-7,12H2,1H3. The van der Waals surface area contributed by atoms with E-state index in [0.717, 1.165) is 22.9 Å². The molecule has 0 amide bonds. The third-order valence-corrected chi connectivity index (χ3v) is 7.07. The molecule has 142 valence electrons. The van der Waals surface area contributed by atoms with Gasteiger partial charge < -0.3 is 0 Å². The first-order valence-electron chi connectivity index (χ1n) is 10.7. The zero-order chi connectivity index (χ0) is 19.1. The zero-order valence-electron chi connectivity index (χ0n) is 16.5. The SMILES string of the molecule is Cc1ncn2c3nccc4cc(CC5CCCC5)c5c6ccccc6n(c5c43)c12. The quantitative estimate of drug-likeness (QED) is 0.375. The summed E-state index contributed by atoms with van der Waals surface area (Å²) in [7, 11) is 0. The summed E-state index contributed by atoms with van der Waals surface area (Å²) in [5, 5.41) is 5.30. The van der Waals surface area contributed by atoms with Gasteiger partial charge >= 0.3 is 0 Å². The first-order valence-corrected chi connectivity index (χ1v) is 10.7. The Hall–Kier alpha value is -3.14. The minimum atomic E-state index is 0.814. The molecule has 0 radical (unpaired) electrons. The number of imidazole rings is 1. The van der Waals surface area contributed by atoms with Gasteiger partial charge in [-0.15, -0.1) is 0 Å². The Kier molecular flexibility index (Phi) is 2.97. The normalized spacial score (nSPS) is 15.9. The fourth-order valence-electron chi connectivity index (χ4n) is 5.83. The summed E-state index contributed by atoms with van der Waals surface area (Å²) < 4.78 is 4.59. The van der Waals surface area contributed by atoms with E-state index in [1.807, 2.05) is 12.5 Å². The van der Waals surface area contributed by atoms with Gasteiger partial charge in [-0.25, -0.2) is 9.97 Å². The van der Waals surface area contributed by atoms with Crippen LogP contribution in [0.2, 0.25) is 0 Å². The molecule has 1 aliphatic carbocycles. The summed E-state index contributed by atoms with van der Waals surface area (Å²) in [5.74, 6) is 0.814. The van der Waals surface area contributed by atoms with Crippen molar-refractivity contribution in [3.05, 3.63) is 60.2 Å². The van der Waals surface area contributed by atoms with E-state index < -0.39 is 0 Å². The Morgan fingerprint density at radius 2 is 1.90 bits per heavy atom. The number of para-hydroxylation sites is 1. The monoisotopic (exact) mass is 378 g/mol. The Bertz CT molecular complexity index is 1550. The average Bonchev–Trinajstić information content (AvgIpc) is 3.46. The Morgan fingerprint density at radius 1 is 1.03 bits per heavy atom. The molecule has 0 N–H and O–H groups in total. The van der Waals surface area contributed by atoms with Gasteiger partial charge in [-0.05, 0) is 42.3 Å². The molecule has 0 saturated heterocycles. The molecule has 4 aromatic heterocycles. The van der Waals surface area contributed by atoms with E-state index in [2.05, 4.69) is 57.1 Å². The van der Waals surface area contributed by atoms with Gasteiger partial charge in [-0.3, -0.25) is 8.80 Å². The van der Waals surface area contributed by atoms with Crippen LogP contribution in [0.5, 0.6) is 0 Å². The number of hydrogen-bond donors (Lipinski definition) is 0. The second-order valence-corrected chi connectivity index (χ2v) is 8.72. The number of rotatable bonds is 2. The minimum Gasteiger partial charge on any atom is -0.293 e. The zero-order valence-corrected chi connectivity index (χ0v) is 16.5. The summed E-state index contributed by atoms with van der Waals surface area (Å²) in [5.41, 5.74) is 7.25. The van der Waals surface area contributed by atoms with E-state index in [-0.39, 0.29) is 0 Å². The number of benzene rings is 2. The van der Waals surface area contributed by atoms with Crippen molar-refractivity contribution in [2.45, 2.75) is 39.0 Å². The lowest BCUT2D eigenvalue weighted by atomic mass is 9.92. The highest BCUT2D eigenvalue weighted by molar-refractivity contribution is 6.23. The maximum Gasteiger partial charge on any atom is 0.149 e. The number of nitrogens with zero attached hydrogens (tertiary/aromatic N) is 4. The predicted octanol–water partition coefficient (Wildman–Crippen LogP) is 5.92. The highest BCUT2D eigenvalue weighted by Crippen LogP contribution is 2.42. The number of fused-ring (bicyclic) bond motifs is 6. The molecule has 4 heteroatoms. The maximum absolute atomic E-state index is 4.79. The van der Waals surface area contributed by atoms with Gasteiger partial charge in [0.25, 0.3) is 0 Å². The van der Waals surface area contributed by atoms with Gasteiger partial charge in [0.2, 0.25) is 0 Å². The lowest BCUT2D eigenvalue weighted by Gasteiger charge is -2.15. The van der Waals surface area contributed by atoms with E-state index in [0.29, 0.717) is 0 Å². The van der Waals surface area contributed by atoms with Gasteiger partial charge in [0.15, 0.2) is 0 Å². The predicted molar refractivity (Wildman–Crippen MR) is 118 cm³/mol. The van der Waals surface area contributed by atoms with Crippen LogP contribution in [0.1, 0.15) is 36.9 Å². The van der Waals surface area contributed by atoms with Crippen molar-refractivity contribution < 1.29 is 0 Å². The minimum absolute atomic E-state index is 0.814. The molecule has 0 aliphatic heterocycles. The third-order valence-electron chi connectivity index (χ3n) is 7.07. The molecule has 7 rings (SSSR count). The highest BCUT2D eigenvalue weighted by Gasteiger charge is 2.24. The summed E-state index contributed by atoms with van der Waals surface area (Å²) in [6.07, 6.45) is 10.5. The molecule has 4 heterocycles. The topological polar surface area (TPSA) is 34.6 Å². The Labute approximate surface area is 168 Å². The molecular formula is C25H22N4. The largest absolute Gasteiger partial charge is 0.293 e. The van der Waals surface area contributed by atoms with Crippen molar-refractivity contribution in [1.82, 2.24) is 18.8 Å². The molecule has 0 unspecified atom stereocenters. The molecule has 0 bridgehead atoms. The maximum atomic E-state index is 4.79. The molecule has 2 aromatic carbocycles. The first kappa shape index (κ1) is 15.7. The molecule has 1 fully saturated rings. The van der Waals surface area contributed by atoms with Crippen LogP contribution in [0, 0.1) is 12.8 Å². The van der Waals surface area contributed by atoms with Crippen molar-refractivity contribution in [3.8, 4) is 0 Å². The summed E-state index contributed by atoms with van der Waals surface area (Å²) in [6, 6.07) is 13.5. The second-order valence-electron chi connectivity index (χ2n) is 8.72. The van der Waals surface area contributed by atoms with Gasteiger partial charge in [-0.2, -0.15) is 0 Å². The molecule has 4 nitrogen and oxygen atoms in total. The van der Waals surface area contributed by atoms with Crippen LogP contribution in [0.4, 0.5) is 0 Å². The molecule has 29 heavy (non-hydrogen) atoms. The van der Waals surface area contributed by atoms with Gasteiger partial charge in [-0.1, -0.05) is 49.9 Å². The van der Waals surface area contributed by atoms with E-state index in [9.17, 15) is 0 Å². The molecule has 1 saturated carbocycles. The summed E-state index contributed by atoms with van der Waals surface area (Å²) in [6.45, 7) is 2.10. The molecule has 0 spiro atoms. The molecule has 6 aromatic rings. The van der Waals surface area contributed by atoms with Crippen molar-refractivity contribution in [2.75, 3.05) is 0 Å². The summed E-state index contributed by atoms with van der Waals surface area (Å²) >= 11 is 0. The summed E-state index contributed by atoms with van der Waals surface area (Å²) in [4.78, 5) is 9.44. The fraction of sp³-hybridized carbons (Fsp3) is 0.280. The van der Waals surface area contributed by atoms with Gasteiger partial charge in [0.1, 0.15) is 17.6 Å². The van der Waals surface area contributed by atoms with E-state index in [1.165, 1.54) is 70.2 Å². The van der Waals surface area contributed by atoms with Crippen LogP contribution in [0.25, 0.3) is 43.9 Å². The smallest absolute Gasteiger partial charge is 0.149 e. The van der Waals surface area contributed by atoms with Crippen LogP contribution in [-0.4, -0.2) is 18.8 Å². The highest BCUT2D eigenvalue weighted by atomic mass is 15.1. The van der Waals surface area contributed by atoms with Crippen molar-refractivity contribution in [3.63, 3.8) is 0 Å². The van der Waals surface area contributed by atoms with Crippen LogP contribution < -0.4 is 0 Å². The molecule has 1 aliphatic rings. The molecule has 0 atom stereocenters. The van der Waals surface area contributed by atoms with Crippen molar-refractivity contribution >= 4 is 43.9 Å². The number of aryl methyl sites for hydroxylation is 1.